The summed E-state index contributed by atoms with van der Waals surface area (Å²) >= 11 is 3.47. The van der Waals surface area contributed by atoms with E-state index in [9.17, 15) is 0 Å². The molecule has 2 unspecified atom stereocenters. The molecule has 2 atom stereocenters. The molecule has 1 heterocycles. The average molecular weight is 329 g/mol. The fraction of sp³-hybridized carbons (Fsp3) is 0.667. The lowest BCUT2D eigenvalue weighted by Gasteiger charge is -2.30. The smallest absolute Gasteiger partial charge is 0.0753 e. The van der Waals surface area contributed by atoms with Crippen LogP contribution in [0.2, 0.25) is 0 Å². The summed E-state index contributed by atoms with van der Waals surface area (Å²) in [6.07, 6.45) is 4.90. The number of halogens is 1. The van der Waals surface area contributed by atoms with E-state index in [0.717, 1.165) is 24.0 Å². The number of hydrogen-bond acceptors (Lipinski definition) is 3. The fourth-order valence-corrected chi connectivity index (χ4v) is 2.77. The predicted molar refractivity (Wildman–Crippen MR) is 83.4 cm³/mol. The van der Waals surface area contributed by atoms with E-state index in [1.165, 1.54) is 5.56 Å². The molecule has 4 heteroatoms. The molecule has 19 heavy (non-hydrogen) atoms. The minimum atomic E-state index is 0.226. The van der Waals surface area contributed by atoms with Gasteiger partial charge in [-0.3, -0.25) is 4.98 Å². The Kier molecular flexibility index (Phi) is 7.57. The molecule has 0 aliphatic carbocycles. The number of rotatable bonds is 8. The summed E-state index contributed by atoms with van der Waals surface area (Å²) in [4.78, 5) is 4.23. The van der Waals surface area contributed by atoms with E-state index < -0.39 is 0 Å². The van der Waals surface area contributed by atoms with E-state index in [-0.39, 0.29) is 6.10 Å². The number of nitrogens with one attached hydrogen (secondary N) is 1. The molecule has 1 aromatic rings. The molecule has 0 saturated carbocycles. The van der Waals surface area contributed by atoms with Crippen LogP contribution in [0.25, 0.3) is 0 Å². The molecule has 3 nitrogen and oxygen atoms in total. The molecule has 0 amide bonds. The second kappa shape index (κ2) is 8.67. The first-order valence-corrected chi connectivity index (χ1v) is 7.82. The number of aromatic nitrogens is 1. The van der Waals surface area contributed by atoms with Crippen LogP contribution >= 0.6 is 15.9 Å². The summed E-state index contributed by atoms with van der Waals surface area (Å²) in [5, 5.41) is 3.55. The summed E-state index contributed by atoms with van der Waals surface area (Å²) < 4.78 is 6.95. The van der Waals surface area contributed by atoms with Gasteiger partial charge in [-0.25, -0.2) is 0 Å². The highest BCUT2D eigenvalue weighted by atomic mass is 79.9. The Balaban J connectivity index is 2.80. The monoisotopic (exact) mass is 328 g/mol. The topological polar surface area (TPSA) is 34.2 Å². The van der Waals surface area contributed by atoms with E-state index in [2.05, 4.69) is 60.0 Å². The third kappa shape index (κ3) is 5.59. The van der Waals surface area contributed by atoms with Crippen LogP contribution in [-0.2, 0) is 11.2 Å². The first kappa shape index (κ1) is 16.6. The molecule has 0 saturated heterocycles. The van der Waals surface area contributed by atoms with Crippen molar-refractivity contribution in [3.05, 3.63) is 28.5 Å². The molecule has 108 valence electrons. The van der Waals surface area contributed by atoms with E-state index in [1.54, 1.807) is 0 Å². The Labute approximate surface area is 125 Å². The van der Waals surface area contributed by atoms with Crippen molar-refractivity contribution in [3.8, 4) is 0 Å². The van der Waals surface area contributed by atoms with Crippen molar-refractivity contribution in [1.29, 1.82) is 0 Å². The molecular weight excluding hydrogens is 304 g/mol. The molecular formula is C15H25BrN2O. The Bertz CT molecular complexity index is 371. The van der Waals surface area contributed by atoms with Gasteiger partial charge in [0, 0.05) is 29.5 Å². The molecule has 0 spiro atoms. The Hall–Kier alpha value is -0.450. The molecule has 1 rings (SSSR count). The molecule has 0 aliphatic heterocycles. The summed E-state index contributed by atoms with van der Waals surface area (Å²) in [6.45, 7) is 10.3. The maximum Gasteiger partial charge on any atom is 0.0753 e. The number of pyridine rings is 1. The Morgan fingerprint density at radius 1 is 1.32 bits per heavy atom. The van der Waals surface area contributed by atoms with Crippen molar-refractivity contribution >= 4 is 15.9 Å². The van der Waals surface area contributed by atoms with Crippen molar-refractivity contribution in [2.24, 2.45) is 5.92 Å². The first-order chi connectivity index (χ1) is 9.08. The standard InChI is InChI=1S/C15H25BrN2O/c1-5-18-14(15(11(3)4)19-6-2)8-12-7-13(16)10-17-9-12/h7,9-11,14-15,18H,5-6,8H2,1-4H3. The van der Waals surface area contributed by atoms with Gasteiger partial charge in [-0.15, -0.1) is 0 Å². The van der Waals surface area contributed by atoms with Crippen LogP contribution in [-0.4, -0.2) is 30.3 Å². The van der Waals surface area contributed by atoms with Gasteiger partial charge < -0.3 is 10.1 Å². The van der Waals surface area contributed by atoms with Crippen molar-refractivity contribution in [2.75, 3.05) is 13.2 Å². The minimum absolute atomic E-state index is 0.226. The van der Waals surface area contributed by atoms with Crippen molar-refractivity contribution in [2.45, 2.75) is 46.3 Å². The Morgan fingerprint density at radius 2 is 2.05 bits per heavy atom. The Morgan fingerprint density at radius 3 is 2.58 bits per heavy atom. The second-order valence-electron chi connectivity index (χ2n) is 5.04. The largest absolute Gasteiger partial charge is 0.377 e. The second-order valence-corrected chi connectivity index (χ2v) is 5.96. The lowest BCUT2D eigenvalue weighted by atomic mass is 9.94. The zero-order valence-corrected chi connectivity index (χ0v) is 13.9. The molecule has 0 radical (unpaired) electrons. The lowest BCUT2D eigenvalue weighted by molar-refractivity contribution is 0.00394. The van der Waals surface area contributed by atoms with Crippen LogP contribution in [0.3, 0.4) is 0 Å². The van der Waals surface area contributed by atoms with Gasteiger partial charge in [0.2, 0.25) is 0 Å². The molecule has 1 aromatic heterocycles. The zero-order chi connectivity index (χ0) is 14.3. The van der Waals surface area contributed by atoms with Gasteiger partial charge in [-0.05, 0) is 53.4 Å². The van der Waals surface area contributed by atoms with Crippen LogP contribution < -0.4 is 5.32 Å². The fourth-order valence-electron chi connectivity index (χ4n) is 2.35. The van der Waals surface area contributed by atoms with Gasteiger partial charge in [-0.2, -0.15) is 0 Å². The third-order valence-corrected chi connectivity index (χ3v) is 3.53. The number of nitrogens with zero attached hydrogens (tertiary/aromatic N) is 1. The summed E-state index contributed by atoms with van der Waals surface area (Å²) in [6, 6.07) is 2.45. The highest BCUT2D eigenvalue weighted by Gasteiger charge is 2.24. The van der Waals surface area contributed by atoms with Gasteiger partial charge in [0.1, 0.15) is 0 Å². The number of ether oxygens (including phenoxy) is 1. The van der Waals surface area contributed by atoms with Crippen molar-refractivity contribution in [1.82, 2.24) is 10.3 Å². The molecule has 0 fully saturated rings. The third-order valence-electron chi connectivity index (χ3n) is 3.10. The van der Waals surface area contributed by atoms with E-state index in [1.807, 2.05) is 12.4 Å². The van der Waals surface area contributed by atoms with Crippen molar-refractivity contribution < 1.29 is 4.74 Å². The summed E-state index contributed by atoms with van der Waals surface area (Å²) in [5.74, 6) is 0.490. The van der Waals surface area contributed by atoms with Gasteiger partial charge >= 0.3 is 0 Å². The normalized spacial score (nSPS) is 14.6. The SMILES string of the molecule is CCNC(Cc1cncc(Br)c1)C(OCC)C(C)C. The van der Waals surface area contributed by atoms with Crippen molar-refractivity contribution in [3.63, 3.8) is 0 Å². The van der Waals surface area contributed by atoms with Gasteiger partial charge in [-0.1, -0.05) is 20.8 Å². The molecule has 1 N–H and O–H groups in total. The maximum atomic E-state index is 5.93. The number of likely N-dealkylation sites (N-methyl/N-ethyl adjacent to an activating group) is 1. The van der Waals surface area contributed by atoms with Gasteiger partial charge in [0.05, 0.1) is 6.10 Å². The number of hydrogen-bond donors (Lipinski definition) is 1. The maximum absolute atomic E-state index is 5.93. The lowest BCUT2D eigenvalue weighted by Crippen LogP contribution is -2.45. The van der Waals surface area contributed by atoms with Crippen LogP contribution in [0.15, 0.2) is 22.9 Å². The highest BCUT2D eigenvalue weighted by Crippen LogP contribution is 2.17. The highest BCUT2D eigenvalue weighted by molar-refractivity contribution is 9.10. The summed E-state index contributed by atoms with van der Waals surface area (Å²) in [7, 11) is 0. The van der Waals surface area contributed by atoms with Crippen LogP contribution in [0.5, 0.6) is 0 Å². The predicted octanol–water partition coefficient (Wildman–Crippen LogP) is 3.43. The van der Waals surface area contributed by atoms with Gasteiger partial charge in [0.25, 0.3) is 0 Å². The zero-order valence-electron chi connectivity index (χ0n) is 12.3. The van der Waals surface area contributed by atoms with Crippen LogP contribution in [0.4, 0.5) is 0 Å². The molecule has 0 aliphatic rings. The van der Waals surface area contributed by atoms with Gasteiger partial charge in [0.15, 0.2) is 0 Å². The first-order valence-electron chi connectivity index (χ1n) is 7.02. The quantitative estimate of drug-likeness (QED) is 0.793. The molecule has 0 aromatic carbocycles. The van der Waals surface area contributed by atoms with E-state index in [0.29, 0.717) is 12.0 Å². The molecule has 0 bridgehead atoms. The van der Waals surface area contributed by atoms with E-state index >= 15 is 0 Å². The van der Waals surface area contributed by atoms with Crippen LogP contribution in [0, 0.1) is 5.92 Å². The summed E-state index contributed by atoms with van der Waals surface area (Å²) in [5.41, 5.74) is 1.23. The average Bonchev–Trinajstić information content (AvgIpc) is 2.35. The van der Waals surface area contributed by atoms with Crippen LogP contribution in [0.1, 0.15) is 33.3 Å². The minimum Gasteiger partial charge on any atom is -0.377 e. The van der Waals surface area contributed by atoms with E-state index in [4.69, 9.17) is 4.74 Å².